The molecule has 1 aromatic heterocycles. The Bertz CT molecular complexity index is 853. The first kappa shape index (κ1) is 13.7. The standard InChI is InChI=1S/C13H6ClFN2O3S/c14-9-6-8(2-3-10(9)15)20-13-16-11-4-1-7(17(18)19)5-12(11)21-13/h1-6H. The van der Waals surface area contributed by atoms with Gasteiger partial charge in [0.1, 0.15) is 11.6 Å². The number of hydrogen-bond donors (Lipinski definition) is 0. The first-order valence-corrected chi connectivity index (χ1v) is 6.90. The van der Waals surface area contributed by atoms with E-state index in [0.717, 1.165) is 11.3 Å². The molecule has 0 saturated heterocycles. The first-order valence-electron chi connectivity index (χ1n) is 5.71. The van der Waals surface area contributed by atoms with E-state index in [0.29, 0.717) is 21.2 Å². The number of aromatic nitrogens is 1. The number of halogens is 2. The number of fused-ring (bicyclic) bond motifs is 1. The van der Waals surface area contributed by atoms with E-state index in [2.05, 4.69) is 4.98 Å². The van der Waals surface area contributed by atoms with Gasteiger partial charge >= 0.3 is 0 Å². The molecule has 3 rings (SSSR count). The zero-order valence-corrected chi connectivity index (χ0v) is 11.8. The number of ether oxygens (including phenoxy) is 1. The Hall–Kier alpha value is -2.25. The van der Waals surface area contributed by atoms with Crippen LogP contribution in [0.15, 0.2) is 36.4 Å². The number of nitro benzene ring substituents is 1. The Morgan fingerprint density at radius 2 is 2.10 bits per heavy atom. The van der Waals surface area contributed by atoms with E-state index in [1.165, 1.54) is 30.3 Å². The second-order valence-electron chi connectivity index (χ2n) is 4.07. The van der Waals surface area contributed by atoms with E-state index >= 15 is 0 Å². The van der Waals surface area contributed by atoms with Crippen LogP contribution in [0.3, 0.4) is 0 Å². The van der Waals surface area contributed by atoms with Gasteiger partial charge in [0.05, 0.1) is 20.2 Å². The van der Waals surface area contributed by atoms with Gasteiger partial charge in [0.2, 0.25) is 0 Å². The number of nitro groups is 1. The van der Waals surface area contributed by atoms with Crippen molar-refractivity contribution in [1.29, 1.82) is 0 Å². The summed E-state index contributed by atoms with van der Waals surface area (Å²) in [6.07, 6.45) is 0. The van der Waals surface area contributed by atoms with Crippen LogP contribution in [0.5, 0.6) is 10.9 Å². The van der Waals surface area contributed by atoms with Gasteiger partial charge in [-0.25, -0.2) is 9.37 Å². The molecule has 0 atom stereocenters. The molecule has 2 aromatic carbocycles. The second-order valence-corrected chi connectivity index (χ2v) is 5.47. The van der Waals surface area contributed by atoms with Crippen LogP contribution < -0.4 is 4.74 Å². The van der Waals surface area contributed by atoms with Crippen molar-refractivity contribution in [1.82, 2.24) is 4.98 Å². The summed E-state index contributed by atoms with van der Waals surface area (Å²) >= 11 is 6.83. The second kappa shape index (κ2) is 5.27. The summed E-state index contributed by atoms with van der Waals surface area (Å²) in [6.45, 7) is 0. The van der Waals surface area contributed by atoms with E-state index in [1.807, 2.05) is 0 Å². The predicted molar refractivity (Wildman–Crippen MR) is 77.8 cm³/mol. The minimum absolute atomic E-state index is 0.0115. The van der Waals surface area contributed by atoms with Gasteiger partial charge < -0.3 is 4.74 Å². The summed E-state index contributed by atoms with van der Waals surface area (Å²) < 4.78 is 19.2. The number of thiazole rings is 1. The van der Waals surface area contributed by atoms with Crippen LogP contribution in [0.25, 0.3) is 10.2 Å². The third-order valence-corrected chi connectivity index (χ3v) is 3.85. The van der Waals surface area contributed by atoms with Crippen LogP contribution in [0.1, 0.15) is 0 Å². The molecule has 0 aliphatic carbocycles. The molecule has 3 aromatic rings. The number of non-ortho nitro benzene ring substituents is 1. The van der Waals surface area contributed by atoms with Gasteiger partial charge in [0.15, 0.2) is 0 Å². The van der Waals surface area contributed by atoms with Crippen molar-refractivity contribution in [2.24, 2.45) is 0 Å². The number of hydrogen-bond acceptors (Lipinski definition) is 5. The fourth-order valence-corrected chi connectivity index (χ4v) is 2.73. The molecule has 21 heavy (non-hydrogen) atoms. The third-order valence-electron chi connectivity index (χ3n) is 2.66. The maximum absolute atomic E-state index is 13.1. The predicted octanol–water partition coefficient (Wildman–Crippen LogP) is 4.79. The lowest BCUT2D eigenvalue weighted by Gasteiger charge is -2.01. The van der Waals surface area contributed by atoms with Crippen molar-refractivity contribution in [3.8, 4) is 10.9 Å². The van der Waals surface area contributed by atoms with Crippen molar-refractivity contribution < 1.29 is 14.1 Å². The Morgan fingerprint density at radius 1 is 1.29 bits per heavy atom. The van der Waals surface area contributed by atoms with E-state index in [1.54, 1.807) is 6.07 Å². The summed E-state index contributed by atoms with van der Waals surface area (Å²) in [7, 11) is 0. The zero-order valence-electron chi connectivity index (χ0n) is 10.2. The summed E-state index contributed by atoms with van der Waals surface area (Å²) in [4.78, 5) is 14.4. The molecule has 0 saturated carbocycles. The van der Waals surface area contributed by atoms with Crippen LogP contribution in [0.4, 0.5) is 10.1 Å². The largest absolute Gasteiger partial charge is 0.431 e. The number of benzene rings is 2. The lowest BCUT2D eigenvalue weighted by Crippen LogP contribution is -1.86. The molecule has 0 N–H and O–H groups in total. The average molecular weight is 325 g/mol. The topological polar surface area (TPSA) is 65.3 Å². The lowest BCUT2D eigenvalue weighted by atomic mass is 10.3. The van der Waals surface area contributed by atoms with Crippen LogP contribution >= 0.6 is 22.9 Å². The molecule has 0 radical (unpaired) electrons. The van der Waals surface area contributed by atoms with Crippen molar-refractivity contribution in [3.63, 3.8) is 0 Å². The normalized spacial score (nSPS) is 10.8. The van der Waals surface area contributed by atoms with Crippen LogP contribution in [-0.2, 0) is 0 Å². The molecule has 5 nitrogen and oxygen atoms in total. The first-order chi connectivity index (χ1) is 10.0. The number of nitrogens with zero attached hydrogens (tertiary/aromatic N) is 2. The smallest absolute Gasteiger partial charge is 0.279 e. The minimum Gasteiger partial charge on any atom is -0.431 e. The fraction of sp³-hybridized carbons (Fsp3) is 0. The van der Waals surface area contributed by atoms with Gasteiger partial charge in [0, 0.05) is 18.2 Å². The van der Waals surface area contributed by atoms with Crippen LogP contribution in [-0.4, -0.2) is 9.91 Å². The van der Waals surface area contributed by atoms with Gasteiger partial charge in [-0.15, -0.1) is 0 Å². The molecular weight excluding hydrogens is 319 g/mol. The zero-order chi connectivity index (χ0) is 15.0. The Labute approximate surface area is 126 Å². The van der Waals surface area contributed by atoms with Gasteiger partial charge in [-0.1, -0.05) is 22.9 Å². The maximum atomic E-state index is 13.1. The molecule has 0 aliphatic heterocycles. The van der Waals surface area contributed by atoms with Gasteiger partial charge in [0.25, 0.3) is 10.9 Å². The molecule has 0 bridgehead atoms. The van der Waals surface area contributed by atoms with Gasteiger partial charge in [-0.2, -0.15) is 0 Å². The SMILES string of the molecule is O=[N+]([O-])c1ccc2nc(Oc3ccc(F)c(Cl)c3)sc2c1. The summed E-state index contributed by atoms with van der Waals surface area (Å²) in [5, 5.41) is 11.0. The lowest BCUT2D eigenvalue weighted by molar-refractivity contribution is -0.384. The van der Waals surface area contributed by atoms with Crippen molar-refractivity contribution in [2.45, 2.75) is 0 Å². The monoisotopic (exact) mass is 324 g/mol. The van der Waals surface area contributed by atoms with E-state index in [4.69, 9.17) is 16.3 Å². The molecule has 0 spiro atoms. The third kappa shape index (κ3) is 2.79. The highest BCUT2D eigenvalue weighted by atomic mass is 35.5. The van der Waals surface area contributed by atoms with E-state index in [9.17, 15) is 14.5 Å². The molecule has 8 heteroatoms. The maximum Gasteiger partial charge on any atom is 0.279 e. The summed E-state index contributed by atoms with van der Waals surface area (Å²) in [5.41, 5.74) is 0.580. The van der Waals surface area contributed by atoms with Crippen molar-refractivity contribution in [3.05, 3.63) is 57.4 Å². The Balaban J connectivity index is 1.93. The molecular formula is C13H6ClFN2O3S. The van der Waals surface area contributed by atoms with Crippen molar-refractivity contribution >= 4 is 38.8 Å². The highest BCUT2D eigenvalue weighted by Crippen LogP contribution is 2.34. The van der Waals surface area contributed by atoms with Gasteiger partial charge in [-0.3, -0.25) is 10.1 Å². The fourth-order valence-electron chi connectivity index (χ4n) is 1.69. The van der Waals surface area contributed by atoms with Crippen molar-refractivity contribution in [2.75, 3.05) is 0 Å². The molecule has 106 valence electrons. The summed E-state index contributed by atoms with van der Waals surface area (Å²) in [5.74, 6) is -0.195. The molecule has 0 aliphatic rings. The molecule has 1 heterocycles. The Kier molecular flexibility index (Phi) is 3.44. The van der Waals surface area contributed by atoms with Crippen LogP contribution in [0, 0.1) is 15.9 Å². The minimum atomic E-state index is -0.538. The highest BCUT2D eigenvalue weighted by molar-refractivity contribution is 7.20. The van der Waals surface area contributed by atoms with E-state index in [-0.39, 0.29) is 10.7 Å². The Morgan fingerprint density at radius 3 is 2.81 bits per heavy atom. The molecule has 0 fully saturated rings. The van der Waals surface area contributed by atoms with E-state index < -0.39 is 10.7 Å². The molecule has 0 amide bonds. The molecule has 0 unspecified atom stereocenters. The van der Waals surface area contributed by atoms with Gasteiger partial charge in [-0.05, 0) is 18.2 Å². The quantitative estimate of drug-likeness (QED) is 0.513. The average Bonchev–Trinajstić information content (AvgIpc) is 2.84. The summed E-state index contributed by atoms with van der Waals surface area (Å²) in [6, 6.07) is 8.31. The highest BCUT2D eigenvalue weighted by Gasteiger charge is 2.12. The van der Waals surface area contributed by atoms with Crippen LogP contribution in [0.2, 0.25) is 5.02 Å². The number of rotatable bonds is 3.